The van der Waals surface area contributed by atoms with E-state index in [9.17, 15) is 9.90 Å². The normalized spacial score (nSPS) is 10.3. The molecule has 122 valence electrons. The first-order valence-electron chi connectivity index (χ1n) is 7.93. The molecular formula is C19H24N2O2. The Kier molecular flexibility index (Phi) is 6.03. The number of hydrogen-bond acceptors (Lipinski definition) is 2. The molecule has 0 saturated carbocycles. The number of carbonyl (C=O) groups excluding carboxylic acids is 1. The van der Waals surface area contributed by atoms with E-state index >= 15 is 0 Å². The number of benzene rings is 2. The fourth-order valence-electron chi connectivity index (χ4n) is 2.38. The molecule has 23 heavy (non-hydrogen) atoms. The van der Waals surface area contributed by atoms with Crippen molar-refractivity contribution in [2.24, 2.45) is 0 Å². The first-order chi connectivity index (χ1) is 11.1. The Morgan fingerprint density at radius 2 is 1.78 bits per heavy atom. The van der Waals surface area contributed by atoms with Gasteiger partial charge in [0, 0.05) is 13.6 Å². The number of anilines is 1. The zero-order valence-electron chi connectivity index (χ0n) is 13.7. The van der Waals surface area contributed by atoms with E-state index in [1.54, 1.807) is 31.3 Å². The molecule has 0 aromatic heterocycles. The number of amides is 2. The Balaban J connectivity index is 1.70. The predicted molar refractivity (Wildman–Crippen MR) is 94.0 cm³/mol. The molecule has 0 radical (unpaired) electrons. The van der Waals surface area contributed by atoms with Gasteiger partial charge >= 0.3 is 6.03 Å². The van der Waals surface area contributed by atoms with Gasteiger partial charge in [-0.1, -0.05) is 42.0 Å². The largest absolute Gasteiger partial charge is 0.506 e. The molecule has 0 unspecified atom stereocenters. The van der Waals surface area contributed by atoms with E-state index in [1.807, 2.05) is 0 Å². The third-order valence-electron chi connectivity index (χ3n) is 3.84. The second-order valence-corrected chi connectivity index (χ2v) is 5.72. The minimum absolute atomic E-state index is 0.101. The van der Waals surface area contributed by atoms with Gasteiger partial charge in [0.2, 0.25) is 0 Å². The molecule has 2 N–H and O–H groups in total. The molecule has 4 heteroatoms. The van der Waals surface area contributed by atoms with Crippen molar-refractivity contribution in [2.75, 3.05) is 18.5 Å². The van der Waals surface area contributed by atoms with E-state index in [0.717, 1.165) is 19.3 Å². The van der Waals surface area contributed by atoms with Crippen LogP contribution in [0, 0.1) is 6.92 Å². The molecule has 2 rings (SSSR count). The summed E-state index contributed by atoms with van der Waals surface area (Å²) in [5, 5.41) is 12.6. The number of aromatic hydroxyl groups is 1. The van der Waals surface area contributed by atoms with Crippen molar-refractivity contribution >= 4 is 11.7 Å². The van der Waals surface area contributed by atoms with Crippen LogP contribution in [-0.4, -0.2) is 24.7 Å². The lowest BCUT2D eigenvalue weighted by Gasteiger charge is -2.19. The number of aryl methyl sites for hydroxylation is 2. The molecular weight excluding hydrogens is 288 g/mol. The van der Waals surface area contributed by atoms with Crippen LogP contribution in [0.2, 0.25) is 0 Å². The summed E-state index contributed by atoms with van der Waals surface area (Å²) in [5.74, 6) is 0.101. The molecule has 0 saturated heterocycles. The maximum Gasteiger partial charge on any atom is 0.321 e. The Morgan fingerprint density at radius 3 is 2.48 bits per heavy atom. The van der Waals surface area contributed by atoms with E-state index < -0.39 is 0 Å². The summed E-state index contributed by atoms with van der Waals surface area (Å²) in [6, 6.07) is 15.2. The Labute approximate surface area is 137 Å². The summed E-state index contributed by atoms with van der Waals surface area (Å²) in [7, 11) is 1.65. The number of rotatable bonds is 6. The van der Waals surface area contributed by atoms with Gasteiger partial charge < -0.3 is 10.4 Å². The maximum atomic E-state index is 12.1. The van der Waals surface area contributed by atoms with Gasteiger partial charge in [0.1, 0.15) is 5.75 Å². The number of carbonyl (C=O) groups is 1. The second-order valence-electron chi connectivity index (χ2n) is 5.72. The van der Waals surface area contributed by atoms with Gasteiger partial charge in [0.05, 0.1) is 5.69 Å². The van der Waals surface area contributed by atoms with Crippen molar-refractivity contribution in [3.63, 3.8) is 0 Å². The summed E-state index contributed by atoms with van der Waals surface area (Å²) < 4.78 is 0. The predicted octanol–water partition coefficient (Wildman–Crippen LogP) is 3.87. The highest BCUT2D eigenvalue weighted by atomic mass is 16.3. The molecule has 0 aliphatic rings. The molecule has 0 heterocycles. The lowest BCUT2D eigenvalue weighted by atomic mass is 10.1. The molecule has 0 bridgehead atoms. The van der Waals surface area contributed by atoms with Crippen molar-refractivity contribution in [1.29, 1.82) is 0 Å². The van der Waals surface area contributed by atoms with Crippen molar-refractivity contribution in [3.8, 4) is 5.75 Å². The zero-order chi connectivity index (χ0) is 16.7. The van der Waals surface area contributed by atoms with Gasteiger partial charge in [-0.3, -0.25) is 4.90 Å². The number of nitrogens with one attached hydrogen (secondary N) is 1. The molecule has 2 aromatic carbocycles. The minimum atomic E-state index is -0.207. The monoisotopic (exact) mass is 312 g/mol. The van der Waals surface area contributed by atoms with Crippen LogP contribution in [0.25, 0.3) is 0 Å². The molecule has 4 nitrogen and oxygen atoms in total. The fourth-order valence-corrected chi connectivity index (χ4v) is 2.38. The van der Waals surface area contributed by atoms with E-state index in [0.29, 0.717) is 12.2 Å². The number of unbranched alkanes of at least 4 members (excludes halogenated alkanes) is 1. The third kappa shape index (κ3) is 5.02. The maximum absolute atomic E-state index is 12.1. The number of para-hydroxylation sites is 2. The molecule has 0 aliphatic heterocycles. The van der Waals surface area contributed by atoms with E-state index in [4.69, 9.17) is 0 Å². The van der Waals surface area contributed by atoms with Gasteiger partial charge in [-0.25, -0.2) is 4.79 Å². The summed E-state index contributed by atoms with van der Waals surface area (Å²) in [6.45, 7) is 2.71. The standard InChI is InChI=1S/C19H24N2O2/c1-15-10-12-16(13-11-15)7-5-6-14-20-19(23)21(2)17-8-3-4-9-18(17)22/h3-4,8-13,22H,5-7,14H2,1-2H3,(H,20,23). The van der Waals surface area contributed by atoms with Crippen LogP contribution < -0.4 is 10.2 Å². The number of nitrogens with zero attached hydrogens (tertiary/aromatic N) is 1. The van der Waals surface area contributed by atoms with Gasteiger partial charge in [0.15, 0.2) is 0 Å². The molecule has 2 amide bonds. The van der Waals surface area contributed by atoms with Crippen molar-refractivity contribution in [2.45, 2.75) is 26.2 Å². The number of phenols is 1. The minimum Gasteiger partial charge on any atom is -0.506 e. The van der Waals surface area contributed by atoms with Crippen LogP contribution in [0.3, 0.4) is 0 Å². The summed E-state index contributed by atoms with van der Waals surface area (Å²) >= 11 is 0. The summed E-state index contributed by atoms with van der Waals surface area (Å²) in [5.41, 5.74) is 3.10. The average Bonchev–Trinajstić information content (AvgIpc) is 2.56. The van der Waals surface area contributed by atoms with Crippen LogP contribution in [0.5, 0.6) is 5.75 Å². The zero-order valence-corrected chi connectivity index (χ0v) is 13.7. The van der Waals surface area contributed by atoms with Crippen molar-refractivity contribution in [1.82, 2.24) is 5.32 Å². The molecule has 0 fully saturated rings. The van der Waals surface area contributed by atoms with E-state index in [1.165, 1.54) is 16.0 Å². The lowest BCUT2D eigenvalue weighted by Crippen LogP contribution is -2.37. The highest BCUT2D eigenvalue weighted by molar-refractivity contribution is 5.92. The first kappa shape index (κ1) is 16.9. The number of urea groups is 1. The van der Waals surface area contributed by atoms with Gasteiger partial charge in [-0.2, -0.15) is 0 Å². The van der Waals surface area contributed by atoms with Gasteiger partial charge in [0.25, 0.3) is 0 Å². The fraction of sp³-hybridized carbons (Fsp3) is 0.316. The summed E-state index contributed by atoms with van der Waals surface area (Å²) in [6.07, 6.45) is 2.98. The van der Waals surface area contributed by atoms with Crippen molar-refractivity contribution < 1.29 is 9.90 Å². The molecule has 0 aliphatic carbocycles. The van der Waals surface area contributed by atoms with Crippen LogP contribution in [0.1, 0.15) is 24.0 Å². The Hall–Kier alpha value is -2.49. The number of hydrogen-bond donors (Lipinski definition) is 2. The van der Waals surface area contributed by atoms with Gasteiger partial charge in [-0.05, 0) is 43.9 Å². The number of phenolic OH excluding ortho intramolecular Hbond substituents is 1. The molecule has 0 atom stereocenters. The van der Waals surface area contributed by atoms with Crippen molar-refractivity contribution in [3.05, 3.63) is 59.7 Å². The first-order valence-corrected chi connectivity index (χ1v) is 7.93. The van der Waals surface area contributed by atoms with Crippen LogP contribution in [0.4, 0.5) is 10.5 Å². The quantitative estimate of drug-likeness (QED) is 0.796. The van der Waals surface area contributed by atoms with E-state index in [-0.39, 0.29) is 11.8 Å². The second kappa shape index (κ2) is 8.22. The Morgan fingerprint density at radius 1 is 1.09 bits per heavy atom. The van der Waals surface area contributed by atoms with Crippen LogP contribution >= 0.6 is 0 Å². The average molecular weight is 312 g/mol. The third-order valence-corrected chi connectivity index (χ3v) is 3.84. The topological polar surface area (TPSA) is 52.6 Å². The highest BCUT2D eigenvalue weighted by Crippen LogP contribution is 2.25. The SMILES string of the molecule is Cc1ccc(CCCCNC(=O)N(C)c2ccccc2O)cc1. The van der Waals surface area contributed by atoms with Crippen LogP contribution in [0.15, 0.2) is 48.5 Å². The smallest absolute Gasteiger partial charge is 0.321 e. The highest BCUT2D eigenvalue weighted by Gasteiger charge is 2.12. The molecule has 0 spiro atoms. The lowest BCUT2D eigenvalue weighted by molar-refractivity contribution is 0.247. The Bertz CT molecular complexity index is 638. The summed E-state index contributed by atoms with van der Waals surface area (Å²) in [4.78, 5) is 13.5. The van der Waals surface area contributed by atoms with Crippen LogP contribution in [-0.2, 0) is 6.42 Å². The van der Waals surface area contributed by atoms with E-state index in [2.05, 4.69) is 36.5 Å². The molecule has 2 aromatic rings. The van der Waals surface area contributed by atoms with Gasteiger partial charge in [-0.15, -0.1) is 0 Å².